The first-order chi connectivity index (χ1) is 17.2. The number of thiophene rings is 1. The summed E-state index contributed by atoms with van der Waals surface area (Å²) in [6, 6.07) is 19.6. The van der Waals surface area contributed by atoms with E-state index in [1.54, 1.807) is 79.0 Å². The third kappa shape index (κ3) is 5.57. The highest BCUT2D eigenvalue weighted by Gasteiger charge is 2.37. The van der Waals surface area contributed by atoms with Crippen LogP contribution in [0.2, 0.25) is 5.02 Å². The number of benzene rings is 2. The molecule has 1 amide bonds. The van der Waals surface area contributed by atoms with E-state index in [9.17, 15) is 23.2 Å². The Morgan fingerprint density at radius 2 is 1.89 bits per heavy atom. The van der Waals surface area contributed by atoms with Gasteiger partial charge < -0.3 is 5.32 Å². The van der Waals surface area contributed by atoms with Gasteiger partial charge in [-0.05, 0) is 41.6 Å². The van der Waals surface area contributed by atoms with E-state index in [0.29, 0.717) is 21.2 Å². The van der Waals surface area contributed by atoms with Crippen LogP contribution in [-0.2, 0) is 11.0 Å². The van der Waals surface area contributed by atoms with Crippen molar-refractivity contribution in [1.29, 1.82) is 5.26 Å². The molecule has 1 atom stereocenters. The molecule has 4 nitrogen and oxygen atoms in total. The van der Waals surface area contributed by atoms with Crippen LogP contribution in [0.1, 0.15) is 27.5 Å². The molecule has 36 heavy (non-hydrogen) atoms. The van der Waals surface area contributed by atoms with Gasteiger partial charge in [0.05, 0.1) is 32.4 Å². The fourth-order valence-electron chi connectivity index (χ4n) is 3.48. The number of thioether (sulfide) groups is 1. The Morgan fingerprint density at radius 1 is 1.14 bits per heavy atom. The van der Waals surface area contributed by atoms with E-state index >= 15 is 0 Å². The molecule has 10 heteroatoms. The molecule has 2 aromatic heterocycles. The maximum Gasteiger partial charge on any atom is 0.417 e. The first-order valence-electron chi connectivity index (χ1n) is 10.5. The van der Waals surface area contributed by atoms with Gasteiger partial charge in [-0.2, -0.15) is 18.4 Å². The fourth-order valence-corrected chi connectivity index (χ4v) is 5.54. The Labute approximate surface area is 218 Å². The summed E-state index contributed by atoms with van der Waals surface area (Å²) in [5.41, 5.74) is 0.0130. The second-order valence-corrected chi connectivity index (χ2v) is 10.1. The molecule has 4 aromatic rings. The van der Waals surface area contributed by atoms with E-state index in [2.05, 4.69) is 10.3 Å². The summed E-state index contributed by atoms with van der Waals surface area (Å²) >= 11 is 8.30. The highest BCUT2D eigenvalue weighted by Crippen LogP contribution is 2.43. The highest BCUT2D eigenvalue weighted by molar-refractivity contribution is 8.00. The number of nitrogens with one attached hydrogen (secondary N) is 1. The van der Waals surface area contributed by atoms with Gasteiger partial charge in [-0.25, -0.2) is 4.98 Å². The Kier molecular flexibility index (Phi) is 7.69. The third-order valence-corrected chi connectivity index (χ3v) is 7.67. The topological polar surface area (TPSA) is 65.8 Å². The minimum absolute atomic E-state index is 0.0768. The quantitative estimate of drug-likeness (QED) is 0.249. The summed E-state index contributed by atoms with van der Waals surface area (Å²) in [6.45, 7) is 1.78. The van der Waals surface area contributed by atoms with Crippen LogP contribution in [0.15, 0.2) is 77.1 Å². The second-order valence-electron chi connectivity index (χ2n) is 7.65. The number of para-hydroxylation sites is 1. The Balaban J connectivity index is 1.83. The van der Waals surface area contributed by atoms with Gasteiger partial charge in [0, 0.05) is 0 Å². The number of hydrogen-bond donors (Lipinski definition) is 1. The molecule has 2 heterocycles. The van der Waals surface area contributed by atoms with Crippen molar-refractivity contribution in [2.24, 2.45) is 0 Å². The molecule has 0 aliphatic rings. The molecule has 0 fully saturated rings. The van der Waals surface area contributed by atoms with Crippen molar-refractivity contribution in [2.45, 2.75) is 23.4 Å². The van der Waals surface area contributed by atoms with Gasteiger partial charge in [0.2, 0.25) is 5.91 Å². The lowest BCUT2D eigenvalue weighted by molar-refractivity contribution is -0.138. The molecule has 0 saturated carbocycles. The smallest absolute Gasteiger partial charge is 0.323 e. The number of anilines is 1. The highest BCUT2D eigenvalue weighted by atomic mass is 35.5. The fraction of sp³-hybridized carbons (Fsp3) is 0.115. The molecule has 0 spiro atoms. The first-order valence-corrected chi connectivity index (χ1v) is 12.7. The number of halogens is 4. The third-order valence-electron chi connectivity index (χ3n) is 5.22. The summed E-state index contributed by atoms with van der Waals surface area (Å²) in [5, 5.41) is 13.3. The Morgan fingerprint density at radius 3 is 2.50 bits per heavy atom. The number of pyridine rings is 1. The first kappa shape index (κ1) is 25.8. The minimum Gasteiger partial charge on any atom is -0.323 e. The van der Waals surface area contributed by atoms with Crippen LogP contribution in [0.25, 0.3) is 10.6 Å². The lowest BCUT2D eigenvalue weighted by atomic mass is 10.1. The monoisotopic (exact) mass is 543 g/mol. The average molecular weight is 544 g/mol. The van der Waals surface area contributed by atoms with Gasteiger partial charge in [-0.15, -0.1) is 11.3 Å². The van der Waals surface area contributed by atoms with E-state index in [0.717, 1.165) is 23.4 Å². The van der Waals surface area contributed by atoms with Crippen molar-refractivity contribution < 1.29 is 18.0 Å². The van der Waals surface area contributed by atoms with Crippen molar-refractivity contribution in [2.75, 3.05) is 5.32 Å². The summed E-state index contributed by atoms with van der Waals surface area (Å²) in [7, 11) is 0. The van der Waals surface area contributed by atoms with E-state index < -0.39 is 28.5 Å². The molecular formula is C26H17ClF3N3OS2. The van der Waals surface area contributed by atoms with Crippen molar-refractivity contribution in [1.82, 2.24) is 4.98 Å². The molecule has 1 N–H and O–H groups in total. The molecule has 182 valence electrons. The molecule has 4 rings (SSSR count). The van der Waals surface area contributed by atoms with E-state index in [-0.39, 0.29) is 10.7 Å². The molecular weight excluding hydrogens is 527 g/mol. The minimum atomic E-state index is -4.78. The summed E-state index contributed by atoms with van der Waals surface area (Å²) < 4.78 is 41.9. The summed E-state index contributed by atoms with van der Waals surface area (Å²) in [5.74, 6) is -0.511. The Hall–Kier alpha value is -3.32. The summed E-state index contributed by atoms with van der Waals surface area (Å²) in [6.07, 6.45) is -4.78. The molecule has 0 aliphatic carbocycles. The number of rotatable bonds is 6. The van der Waals surface area contributed by atoms with Crippen LogP contribution < -0.4 is 5.32 Å². The zero-order valence-corrected chi connectivity index (χ0v) is 21.0. The van der Waals surface area contributed by atoms with Crippen molar-refractivity contribution in [3.8, 4) is 16.6 Å². The number of hydrogen-bond acceptors (Lipinski definition) is 5. The lowest BCUT2D eigenvalue weighted by Gasteiger charge is -2.20. The van der Waals surface area contributed by atoms with Crippen LogP contribution in [0.3, 0.4) is 0 Å². The standard InChI is InChI=1S/C26H17ClF3N3OS2/c1-15-7-5-10-19(27)22(15)33-24(34)23(16-8-3-2-4-9-16)36-25-17(14-31)18(26(28,29)30)13-20(32-25)21-11-6-12-35-21/h2-13,23H,1H3,(H,33,34). The number of aromatic nitrogens is 1. The van der Waals surface area contributed by atoms with Crippen LogP contribution in [-0.4, -0.2) is 10.9 Å². The molecule has 0 radical (unpaired) electrons. The van der Waals surface area contributed by atoms with Crippen LogP contribution >= 0.6 is 34.7 Å². The number of nitriles is 1. The lowest BCUT2D eigenvalue weighted by Crippen LogP contribution is -2.20. The van der Waals surface area contributed by atoms with Crippen molar-refractivity contribution >= 4 is 46.3 Å². The van der Waals surface area contributed by atoms with Crippen LogP contribution in [0.5, 0.6) is 0 Å². The maximum atomic E-state index is 14.0. The molecule has 1 unspecified atom stereocenters. The van der Waals surface area contributed by atoms with Gasteiger partial charge in [-0.1, -0.05) is 71.9 Å². The average Bonchev–Trinajstić information content (AvgIpc) is 3.39. The number of alkyl halides is 3. The normalized spacial score (nSPS) is 12.1. The van der Waals surface area contributed by atoms with Gasteiger partial charge in [0.25, 0.3) is 0 Å². The van der Waals surface area contributed by atoms with Crippen LogP contribution in [0, 0.1) is 18.3 Å². The SMILES string of the molecule is Cc1cccc(Cl)c1NC(=O)C(Sc1nc(-c2cccs2)cc(C(F)(F)F)c1C#N)c1ccccc1. The number of carbonyl (C=O) groups is 1. The van der Waals surface area contributed by atoms with Gasteiger partial charge in [-0.3, -0.25) is 4.79 Å². The Bertz CT molecular complexity index is 1420. The summed E-state index contributed by atoms with van der Waals surface area (Å²) in [4.78, 5) is 18.4. The largest absolute Gasteiger partial charge is 0.417 e. The van der Waals surface area contributed by atoms with Crippen LogP contribution in [0.4, 0.5) is 18.9 Å². The van der Waals surface area contributed by atoms with Gasteiger partial charge in [0.15, 0.2) is 0 Å². The molecule has 0 aliphatic heterocycles. The number of carbonyl (C=O) groups excluding carboxylic acids is 1. The zero-order valence-electron chi connectivity index (χ0n) is 18.6. The van der Waals surface area contributed by atoms with Crippen molar-refractivity contribution in [3.63, 3.8) is 0 Å². The molecule has 0 bridgehead atoms. The number of amides is 1. The van der Waals surface area contributed by atoms with E-state index in [1.807, 2.05) is 0 Å². The van der Waals surface area contributed by atoms with Gasteiger partial charge >= 0.3 is 6.18 Å². The predicted molar refractivity (Wildman–Crippen MR) is 137 cm³/mol. The van der Waals surface area contributed by atoms with E-state index in [4.69, 9.17) is 11.6 Å². The van der Waals surface area contributed by atoms with Crippen molar-refractivity contribution in [3.05, 3.63) is 99.4 Å². The maximum absolute atomic E-state index is 14.0. The second kappa shape index (κ2) is 10.7. The predicted octanol–water partition coefficient (Wildman–Crippen LogP) is 8.13. The zero-order chi connectivity index (χ0) is 25.9. The van der Waals surface area contributed by atoms with E-state index in [1.165, 1.54) is 11.3 Å². The molecule has 0 saturated heterocycles. The number of nitrogens with zero attached hydrogens (tertiary/aromatic N) is 2. The number of aryl methyl sites for hydroxylation is 1. The molecule has 2 aromatic carbocycles. The van der Waals surface area contributed by atoms with Gasteiger partial charge in [0.1, 0.15) is 16.3 Å².